The van der Waals surface area contributed by atoms with Crippen molar-refractivity contribution in [2.45, 2.75) is 13.5 Å². The minimum Gasteiger partial charge on any atom is -0.364 e. The number of para-hydroxylation sites is 1. The Morgan fingerprint density at radius 1 is 1.00 bits per heavy atom. The van der Waals surface area contributed by atoms with E-state index in [9.17, 15) is 0 Å². The van der Waals surface area contributed by atoms with Gasteiger partial charge in [0, 0.05) is 12.3 Å². The summed E-state index contributed by atoms with van der Waals surface area (Å²) in [7, 11) is 0. The number of aryl methyl sites for hydroxylation is 1. The van der Waals surface area contributed by atoms with E-state index < -0.39 is 0 Å². The normalized spacial score (nSPS) is 10.3. The van der Waals surface area contributed by atoms with E-state index in [4.69, 9.17) is 11.6 Å². The molecule has 0 bridgehead atoms. The number of aromatic nitrogens is 3. The van der Waals surface area contributed by atoms with Gasteiger partial charge in [0.05, 0.1) is 22.9 Å². The van der Waals surface area contributed by atoms with Crippen LogP contribution in [0.1, 0.15) is 11.5 Å². The Morgan fingerprint density at radius 3 is 2.57 bits per heavy atom. The number of halogens is 1. The van der Waals surface area contributed by atoms with Gasteiger partial charge in [-0.3, -0.25) is 4.98 Å². The molecule has 0 spiro atoms. The number of hydrogen-bond donors (Lipinski definition) is 2. The zero-order valence-corrected chi connectivity index (χ0v) is 13.4. The first-order valence-corrected chi connectivity index (χ1v) is 7.59. The molecular weight excluding hydrogens is 310 g/mol. The summed E-state index contributed by atoms with van der Waals surface area (Å²) in [6.45, 7) is 2.45. The number of rotatable bonds is 5. The van der Waals surface area contributed by atoms with E-state index >= 15 is 0 Å². The van der Waals surface area contributed by atoms with Crippen LogP contribution in [0.2, 0.25) is 5.02 Å². The van der Waals surface area contributed by atoms with E-state index in [2.05, 4.69) is 25.6 Å². The van der Waals surface area contributed by atoms with Gasteiger partial charge in [-0.25, -0.2) is 9.97 Å². The average Bonchev–Trinajstić information content (AvgIpc) is 2.56. The quantitative estimate of drug-likeness (QED) is 0.736. The zero-order chi connectivity index (χ0) is 16.1. The molecule has 0 unspecified atom stereocenters. The Morgan fingerprint density at radius 2 is 1.78 bits per heavy atom. The fourth-order valence-electron chi connectivity index (χ4n) is 2.11. The lowest BCUT2D eigenvalue weighted by Gasteiger charge is -2.11. The van der Waals surface area contributed by atoms with Crippen LogP contribution in [-0.4, -0.2) is 15.0 Å². The van der Waals surface area contributed by atoms with Crippen LogP contribution in [0.3, 0.4) is 0 Å². The molecule has 2 N–H and O–H groups in total. The maximum Gasteiger partial charge on any atom is 0.136 e. The van der Waals surface area contributed by atoms with Gasteiger partial charge in [0.2, 0.25) is 0 Å². The second-order valence-electron chi connectivity index (χ2n) is 4.97. The lowest BCUT2D eigenvalue weighted by molar-refractivity contribution is 0.996. The maximum atomic E-state index is 6.17. The molecule has 0 aliphatic heterocycles. The highest BCUT2D eigenvalue weighted by atomic mass is 35.5. The van der Waals surface area contributed by atoms with Crippen LogP contribution < -0.4 is 10.6 Å². The predicted molar refractivity (Wildman–Crippen MR) is 93.1 cm³/mol. The first kappa shape index (κ1) is 15.2. The average molecular weight is 326 g/mol. The monoisotopic (exact) mass is 325 g/mol. The summed E-state index contributed by atoms with van der Waals surface area (Å²) < 4.78 is 0. The van der Waals surface area contributed by atoms with Crippen molar-refractivity contribution in [1.29, 1.82) is 0 Å². The van der Waals surface area contributed by atoms with E-state index in [0.29, 0.717) is 23.2 Å². The van der Waals surface area contributed by atoms with Gasteiger partial charge in [0.1, 0.15) is 17.5 Å². The molecule has 0 saturated heterocycles. The molecule has 5 nitrogen and oxygen atoms in total. The summed E-state index contributed by atoms with van der Waals surface area (Å²) in [6, 6.07) is 15.2. The van der Waals surface area contributed by atoms with Crippen LogP contribution in [0.5, 0.6) is 0 Å². The predicted octanol–water partition coefficient (Wildman–Crippen LogP) is 4.19. The number of anilines is 3. The smallest absolute Gasteiger partial charge is 0.136 e. The Labute approximate surface area is 139 Å². The molecule has 0 fully saturated rings. The molecule has 3 aromatic rings. The number of hydrogen-bond acceptors (Lipinski definition) is 5. The third kappa shape index (κ3) is 4.17. The molecule has 1 aromatic carbocycles. The van der Waals surface area contributed by atoms with Crippen molar-refractivity contribution in [3.8, 4) is 0 Å². The van der Waals surface area contributed by atoms with Gasteiger partial charge < -0.3 is 10.6 Å². The molecule has 0 saturated carbocycles. The molecule has 23 heavy (non-hydrogen) atoms. The second-order valence-corrected chi connectivity index (χ2v) is 5.37. The maximum absolute atomic E-state index is 6.17. The first-order chi connectivity index (χ1) is 11.2. The van der Waals surface area contributed by atoms with Gasteiger partial charge in [-0.2, -0.15) is 0 Å². The van der Waals surface area contributed by atoms with E-state index in [1.165, 1.54) is 0 Å². The standard InChI is InChI=1S/C17H16ClN5/c1-12-21-16(20-11-13-6-4-5-9-19-13)10-17(22-12)23-15-8-3-2-7-14(15)18/h2-10H,11H2,1H3,(H2,20,21,22,23). The minimum atomic E-state index is 0.600. The molecule has 0 aliphatic rings. The van der Waals surface area contributed by atoms with Gasteiger partial charge in [-0.05, 0) is 31.2 Å². The minimum absolute atomic E-state index is 0.600. The van der Waals surface area contributed by atoms with Crippen LogP contribution in [0, 0.1) is 6.92 Å². The highest BCUT2D eigenvalue weighted by molar-refractivity contribution is 6.33. The van der Waals surface area contributed by atoms with Gasteiger partial charge in [0.15, 0.2) is 0 Å². The van der Waals surface area contributed by atoms with Crippen LogP contribution in [0.4, 0.5) is 17.3 Å². The Hall–Kier alpha value is -2.66. The Balaban J connectivity index is 1.75. The summed E-state index contributed by atoms with van der Waals surface area (Å²) in [4.78, 5) is 13.1. The van der Waals surface area contributed by atoms with Gasteiger partial charge in [0.25, 0.3) is 0 Å². The van der Waals surface area contributed by atoms with Gasteiger partial charge in [-0.15, -0.1) is 0 Å². The zero-order valence-electron chi connectivity index (χ0n) is 12.6. The van der Waals surface area contributed by atoms with E-state index in [-0.39, 0.29) is 0 Å². The summed E-state index contributed by atoms with van der Waals surface area (Å²) in [5.74, 6) is 2.09. The highest BCUT2D eigenvalue weighted by Gasteiger charge is 2.05. The summed E-state index contributed by atoms with van der Waals surface area (Å²) in [6.07, 6.45) is 1.77. The van der Waals surface area contributed by atoms with Crippen molar-refractivity contribution >= 4 is 28.9 Å². The fraction of sp³-hybridized carbons (Fsp3) is 0.118. The fourth-order valence-corrected chi connectivity index (χ4v) is 2.29. The summed E-state index contributed by atoms with van der Waals surface area (Å²) in [5.41, 5.74) is 1.76. The van der Waals surface area contributed by atoms with Crippen LogP contribution in [0.15, 0.2) is 54.7 Å². The molecule has 3 rings (SSSR count). The molecular formula is C17H16ClN5. The van der Waals surface area contributed by atoms with Gasteiger partial charge in [-0.1, -0.05) is 29.8 Å². The van der Waals surface area contributed by atoms with Crippen molar-refractivity contribution in [2.75, 3.05) is 10.6 Å². The molecule has 0 radical (unpaired) electrons. The topological polar surface area (TPSA) is 62.7 Å². The molecule has 0 aliphatic carbocycles. The van der Waals surface area contributed by atoms with Crippen LogP contribution in [0.25, 0.3) is 0 Å². The van der Waals surface area contributed by atoms with Crippen molar-refractivity contribution in [3.63, 3.8) is 0 Å². The van der Waals surface area contributed by atoms with Crippen molar-refractivity contribution in [3.05, 3.63) is 71.3 Å². The second kappa shape index (κ2) is 7.07. The SMILES string of the molecule is Cc1nc(NCc2ccccn2)cc(Nc2ccccc2Cl)n1. The van der Waals surface area contributed by atoms with Crippen LogP contribution in [-0.2, 0) is 6.54 Å². The molecule has 0 atom stereocenters. The summed E-state index contributed by atoms with van der Waals surface area (Å²) in [5, 5.41) is 7.11. The van der Waals surface area contributed by atoms with E-state index in [0.717, 1.165) is 17.2 Å². The molecule has 6 heteroatoms. The highest BCUT2D eigenvalue weighted by Crippen LogP contribution is 2.24. The van der Waals surface area contributed by atoms with Gasteiger partial charge >= 0.3 is 0 Å². The third-order valence-electron chi connectivity index (χ3n) is 3.15. The number of nitrogens with zero attached hydrogens (tertiary/aromatic N) is 3. The van der Waals surface area contributed by atoms with Crippen LogP contribution >= 0.6 is 11.6 Å². The van der Waals surface area contributed by atoms with Crippen molar-refractivity contribution < 1.29 is 0 Å². The molecule has 2 heterocycles. The third-order valence-corrected chi connectivity index (χ3v) is 3.48. The Kier molecular flexibility index (Phi) is 4.68. The van der Waals surface area contributed by atoms with Crippen molar-refractivity contribution in [2.24, 2.45) is 0 Å². The lowest BCUT2D eigenvalue weighted by Crippen LogP contribution is -2.06. The first-order valence-electron chi connectivity index (χ1n) is 7.22. The Bertz CT molecular complexity index is 792. The lowest BCUT2D eigenvalue weighted by atomic mass is 10.3. The van der Waals surface area contributed by atoms with Crippen molar-refractivity contribution in [1.82, 2.24) is 15.0 Å². The number of nitrogens with one attached hydrogen (secondary N) is 2. The van der Waals surface area contributed by atoms with E-state index in [1.54, 1.807) is 6.20 Å². The summed E-state index contributed by atoms with van der Waals surface area (Å²) >= 11 is 6.17. The number of benzene rings is 1. The van der Waals surface area contributed by atoms with E-state index in [1.807, 2.05) is 55.5 Å². The molecule has 2 aromatic heterocycles. The molecule has 116 valence electrons. The largest absolute Gasteiger partial charge is 0.364 e. The number of pyridine rings is 1. The molecule has 0 amide bonds.